The van der Waals surface area contributed by atoms with Crippen molar-refractivity contribution < 1.29 is 14.8 Å². The number of hydrogen-bond donors (Lipinski definition) is 2. The zero-order valence-electron chi connectivity index (χ0n) is 13.2. The molecule has 2 aromatic carbocycles. The molecule has 0 fully saturated rings. The smallest absolute Gasteiger partial charge is 0.336 e. The third-order valence-electron chi connectivity index (χ3n) is 4.23. The lowest BCUT2D eigenvalue weighted by molar-refractivity contribution is -0.707. The lowest BCUT2D eigenvalue weighted by Crippen LogP contribution is -2.83. The number of hydrogen-bond acceptors (Lipinski definition) is 3. The number of fused-ring (bicyclic) bond motifs is 1. The van der Waals surface area contributed by atoms with Gasteiger partial charge in [0.05, 0.1) is 0 Å². The summed E-state index contributed by atoms with van der Waals surface area (Å²) in [6.45, 7) is 4.56. The van der Waals surface area contributed by atoms with Gasteiger partial charge in [0, 0.05) is 28.1 Å². The number of phenols is 1. The van der Waals surface area contributed by atoms with Gasteiger partial charge in [-0.25, -0.2) is 4.79 Å². The topological polar surface area (TPSA) is 67.1 Å². The van der Waals surface area contributed by atoms with Crippen LogP contribution in [0.5, 0.6) is 5.75 Å². The molecule has 0 aliphatic rings. The van der Waals surface area contributed by atoms with Crippen molar-refractivity contribution in [3.8, 4) is 5.75 Å². The Labute approximate surface area is 134 Å². The van der Waals surface area contributed by atoms with Crippen LogP contribution in [-0.4, -0.2) is 5.11 Å². The Morgan fingerprint density at radius 1 is 1.17 bits per heavy atom. The molecule has 118 valence electrons. The van der Waals surface area contributed by atoms with Gasteiger partial charge in [-0.2, -0.15) is 0 Å². The number of benzene rings is 2. The lowest BCUT2D eigenvalue weighted by Gasteiger charge is -2.12. The van der Waals surface area contributed by atoms with E-state index >= 15 is 0 Å². The summed E-state index contributed by atoms with van der Waals surface area (Å²) in [5.74, 6) is 0.138. The highest BCUT2D eigenvalue weighted by Gasteiger charge is 2.14. The second kappa shape index (κ2) is 6.26. The molecule has 0 bridgehead atoms. The van der Waals surface area contributed by atoms with Crippen molar-refractivity contribution in [2.24, 2.45) is 0 Å². The van der Waals surface area contributed by atoms with E-state index in [9.17, 15) is 9.90 Å². The van der Waals surface area contributed by atoms with Gasteiger partial charge in [0.2, 0.25) is 0 Å². The van der Waals surface area contributed by atoms with Gasteiger partial charge >= 0.3 is 5.63 Å². The van der Waals surface area contributed by atoms with Gasteiger partial charge in [-0.05, 0) is 26.0 Å². The minimum absolute atomic E-state index is 0.138. The molecule has 0 saturated heterocycles. The summed E-state index contributed by atoms with van der Waals surface area (Å²) in [6.07, 6.45) is 0. The van der Waals surface area contributed by atoms with Crippen LogP contribution in [0.2, 0.25) is 0 Å². The lowest BCUT2D eigenvalue weighted by atomic mass is 10.0. The van der Waals surface area contributed by atoms with E-state index in [-0.39, 0.29) is 17.4 Å². The summed E-state index contributed by atoms with van der Waals surface area (Å²) in [5.41, 5.74) is 2.84. The van der Waals surface area contributed by atoms with Crippen molar-refractivity contribution in [3.63, 3.8) is 0 Å². The zero-order valence-corrected chi connectivity index (χ0v) is 13.2. The minimum Gasteiger partial charge on any atom is -0.508 e. The molecule has 0 spiro atoms. The Morgan fingerprint density at radius 2 is 1.91 bits per heavy atom. The predicted molar refractivity (Wildman–Crippen MR) is 89.4 cm³/mol. The van der Waals surface area contributed by atoms with Gasteiger partial charge < -0.3 is 14.8 Å². The summed E-state index contributed by atoms with van der Waals surface area (Å²) < 4.78 is 5.28. The molecule has 1 aromatic heterocycles. The second-order valence-corrected chi connectivity index (χ2v) is 5.82. The quantitative estimate of drug-likeness (QED) is 0.728. The van der Waals surface area contributed by atoms with E-state index < -0.39 is 0 Å². The van der Waals surface area contributed by atoms with Crippen molar-refractivity contribution in [3.05, 3.63) is 75.6 Å². The summed E-state index contributed by atoms with van der Waals surface area (Å²) in [6, 6.07) is 15.5. The Balaban J connectivity index is 1.91. The fraction of sp³-hybridized carbons (Fsp3) is 0.211. The first-order chi connectivity index (χ1) is 11.1. The first-order valence-electron chi connectivity index (χ1n) is 7.70. The number of rotatable bonds is 4. The van der Waals surface area contributed by atoms with Crippen molar-refractivity contribution in [1.29, 1.82) is 0 Å². The maximum absolute atomic E-state index is 11.8. The molecule has 3 N–H and O–H groups in total. The average Bonchev–Trinajstić information content (AvgIpc) is 2.57. The van der Waals surface area contributed by atoms with Gasteiger partial charge in [0.15, 0.2) is 0 Å². The van der Waals surface area contributed by atoms with Gasteiger partial charge in [-0.15, -0.1) is 0 Å². The van der Waals surface area contributed by atoms with E-state index in [0.717, 1.165) is 10.9 Å². The molecule has 0 radical (unpaired) electrons. The third-order valence-corrected chi connectivity index (χ3v) is 4.23. The maximum atomic E-state index is 11.8. The highest BCUT2D eigenvalue weighted by atomic mass is 16.4. The Bertz CT molecular complexity index is 884. The van der Waals surface area contributed by atoms with Crippen molar-refractivity contribution in [2.75, 3.05) is 0 Å². The van der Waals surface area contributed by atoms with Crippen LogP contribution in [-0.2, 0) is 6.54 Å². The zero-order chi connectivity index (χ0) is 16.4. The molecule has 23 heavy (non-hydrogen) atoms. The van der Waals surface area contributed by atoms with Gasteiger partial charge in [0.25, 0.3) is 0 Å². The molecule has 0 unspecified atom stereocenters. The van der Waals surface area contributed by atoms with Crippen LogP contribution in [0, 0.1) is 6.92 Å². The highest BCUT2D eigenvalue weighted by Crippen LogP contribution is 2.27. The van der Waals surface area contributed by atoms with E-state index in [0.29, 0.717) is 17.7 Å². The molecular formula is C19H20NO3+. The molecule has 0 aliphatic heterocycles. The molecule has 4 nitrogen and oxygen atoms in total. The number of nitrogens with two attached hydrogens (primary N) is 1. The van der Waals surface area contributed by atoms with E-state index in [2.05, 4.69) is 24.4 Å². The minimum atomic E-state index is -0.387. The molecule has 4 heteroatoms. The van der Waals surface area contributed by atoms with Crippen LogP contribution in [0.1, 0.15) is 29.7 Å². The fourth-order valence-electron chi connectivity index (χ4n) is 2.78. The second-order valence-electron chi connectivity index (χ2n) is 5.82. The SMILES string of the molecule is Cc1c(O)ccc2c(C[NH2+][C@H](C)c3ccccc3)cc(=O)oc12. The van der Waals surface area contributed by atoms with Gasteiger partial charge in [0.1, 0.15) is 23.9 Å². The largest absolute Gasteiger partial charge is 0.508 e. The molecule has 1 heterocycles. The van der Waals surface area contributed by atoms with Crippen LogP contribution < -0.4 is 10.9 Å². The number of quaternary nitrogens is 1. The normalized spacial score (nSPS) is 12.4. The van der Waals surface area contributed by atoms with Crippen LogP contribution in [0.25, 0.3) is 11.0 Å². The summed E-state index contributed by atoms with van der Waals surface area (Å²) in [5, 5.41) is 12.9. The number of aromatic hydroxyl groups is 1. The number of phenolic OH excluding ortho intramolecular Hbond substituents is 1. The Kier molecular flexibility index (Phi) is 4.17. The fourth-order valence-corrected chi connectivity index (χ4v) is 2.78. The standard InChI is InChI=1S/C19H19NO3/c1-12-17(21)9-8-16-15(10-18(22)23-19(12)16)11-20-13(2)14-6-4-3-5-7-14/h3-10,13,20-21H,11H2,1-2H3/p+1/t13-/m1/s1. The van der Waals surface area contributed by atoms with Gasteiger partial charge in [-0.3, -0.25) is 0 Å². The molecule has 0 saturated carbocycles. The summed E-state index contributed by atoms with van der Waals surface area (Å²) >= 11 is 0. The van der Waals surface area contributed by atoms with E-state index in [4.69, 9.17) is 4.42 Å². The Morgan fingerprint density at radius 3 is 2.65 bits per heavy atom. The molecule has 1 atom stereocenters. The van der Waals surface area contributed by atoms with Crippen LogP contribution in [0.4, 0.5) is 0 Å². The summed E-state index contributed by atoms with van der Waals surface area (Å²) in [4.78, 5) is 11.8. The molecule has 0 amide bonds. The van der Waals surface area contributed by atoms with E-state index in [1.54, 1.807) is 19.1 Å². The predicted octanol–water partition coefficient (Wildman–Crippen LogP) is 2.63. The van der Waals surface area contributed by atoms with Crippen molar-refractivity contribution in [2.45, 2.75) is 26.4 Å². The Hall–Kier alpha value is -2.59. The van der Waals surface area contributed by atoms with Crippen LogP contribution in [0.3, 0.4) is 0 Å². The van der Waals surface area contributed by atoms with Crippen molar-refractivity contribution in [1.82, 2.24) is 0 Å². The molecule has 3 aromatic rings. The first-order valence-corrected chi connectivity index (χ1v) is 7.70. The van der Waals surface area contributed by atoms with E-state index in [1.165, 1.54) is 11.6 Å². The van der Waals surface area contributed by atoms with E-state index in [1.807, 2.05) is 18.2 Å². The average molecular weight is 310 g/mol. The monoisotopic (exact) mass is 310 g/mol. The molecular weight excluding hydrogens is 290 g/mol. The number of aryl methyl sites for hydroxylation is 1. The van der Waals surface area contributed by atoms with Crippen molar-refractivity contribution >= 4 is 11.0 Å². The molecule has 0 aliphatic carbocycles. The summed E-state index contributed by atoms with van der Waals surface area (Å²) in [7, 11) is 0. The third kappa shape index (κ3) is 3.12. The van der Waals surface area contributed by atoms with Crippen LogP contribution in [0.15, 0.2) is 57.7 Å². The maximum Gasteiger partial charge on any atom is 0.336 e. The van der Waals surface area contributed by atoms with Crippen LogP contribution >= 0.6 is 0 Å². The molecule has 3 rings (SSSR count). The van der Waals surface area contributed by atoms with Gasteiger partial charge in [-0.1, -0.05) is 30.3 Å². The first kappa shape index (κ1) is 15.3. The highest BCUT2D eigenvalue weighted by molar-refractivity contribution is 5.84.